The fourth-order valence-electron chi connectivity index (χ4n) is 4.91. The van der Waals surface area contributed by atoms with Crippen LogP contribution in [0.1, 0.15) is 34.7 Å². The average molecular weight is 481 g/mol. The number of ether oxygens (including phenoxy) is 1. The largest absolute Gasteiger partial charge is 0.494 e. The number of piperazine rings is 1. The lowest BCUT2D eigenvalue weighted by Gasteiger charge is -2.35. The number of anilines is 1. The lowest BCUT2D eigenvalue weighted by molar-refractivity contribution is -0.126. The Morgan fingerprint density at radius 2 is 1.97 bits per heavy atom. The summed E-state index contributed by atoms with van der Waals surface area (Å²) < 4.78 is 18.9. The van der Waals surface area contributed by atoms with Crippen LogP contribution < -0.4 is 9.64 Å². The van der Waals surface area contributed by atoms with E-state index in [1.54, 1.807) is 23.5 Å². The van der Waals surface area contributed by atoms with Crippen LogP contribution >= 0.6 is 11.3 Å². The predicted octanol–water partition coefficient (Wildman–Crippen LogP) is 4.34. The maximum Gasteiger partial charge on any atom is 0.246 e. The summed E-state index contributed by atoms with van der Waals surface area (Å²) in [5, 5.41) is 1.20. The van der Waals surface area contributed by atoms with Gasteiger partial charge in [-0.05, 0) is 61.4 Å². The van der Waals surface area contributed by atoms with E-state index < -0.39 is 0 Å². The molecule has 3 heterocycles. The molecule has 2 aromatic heterocycles. The van der Waals surface area contributed by atoms with Gasteiger partial charge < -0.3 is 14.5 Å². The van der Waals surface area contributed by atoms with Gasteiger partial charge in [0.25, 0.3) is 0 Å². The number of nitrogens with zero attached hydrogens (tertiary/aromatic N) is 4. The third-order valence-corrected chi connectivity index (χ3v) is 7.95. The highest BCUT2D eigenvalue weighted by molar-refractivity contribution is 7.19. The molecular weight excluding hydrogens is 451 g/mol. The topological polar surface area (TPSA) is 58.6 Å². The van der Waals surface area contributed by atoms with Crippen LogP contribution in [0.5, 0.6) is 5.75 Å². The van der Waals surface area contributed by atoms with Crippen molar-refractivity contribution in [1.29, 1.82) is 0 Å². The van der Waals surface area contributed by atoms with Crippen molar-refractivity contribution in [2.24, 2.45) is 0 Å². The lowest BCUT2D eigenvalue weighted by Crippen LogP contribution is -2.48. The maximum atomic E-state index is 13.8. The van der Waals surface area contributed by atoms with Gasteiger partial charge in [-0.2, -0.15) is 0 Å². The monoisotopic (exact) mass is 480 g/mol. The van der Waals surface area contributed by atoms with Crippen LogP contribution in [0, 0.1) is 5.82 Å². The van der Waals surface area contributed by atoms with Crippen molar-refractivity contribution >= 4 is 33.3 Å². The van der Waals surface area contributed by atoms with E-state index in [9.17, 15) is 9.18 Å². The second-order valence-corrected chi connectivity index (χ2v) is 9.92. The van der Waals surface area contributed by atoms with Gasteiger partial charge in [-0.15, -0.1) is 11.3 Å². The van der Waals surface area contributed by atoms with Gasteiger partial charge in [-0.1, -0.05) is 12.6 Å². The summed E-state index contributed by atoms with van der Waals surface area (Å²) in [6.45, 7) is 6.42. The van der Waals surface area contributed by atoms with Crippen LogP contribution in [0.4, 0.5) is 10.2 Å². The third kappa shape index (κ3) is 4.39. The Balaban J connectivity index is 1.45. The van der Waals surface area contributed by atoms with Gasteiger partial charge in [-0.25, -0.2) is 14.4 Å². The van der Waals surface area contributed by atoms with Crippen LogP contribution in [0.3, 0.4) is 0 Å². The van der Waals surface area contributed by atoms with Gasteiger partial charge in [0.1, 0.15) is 16.5 Å². The molecule has 1 aliphatic heterocycles. The van der Waals surface area contributed by atoms with Gasteiger partial charge in [0.2, 0.25) is 5.91 Å². The number of amides is 1. The fourth-order valence-corrected chi connectivity index (χ4v) is 6.18. The van der Waals surface area contributed by atoms with Crippen LogP contribution in [0.25, 0.3) is 10.2 Å². The Morgan fingerprint density at radius 1 is 1.18 bits per heavy atom. The number of rotatable bonds is 6. The molecule has 1 fully saturated rings. The molecule has 0 bridgehead atoms. The van der Waals surface area contributed by atoms with E-state index in [0.29, 0.717) is 25.9 Å². The Kier molecular flexibility index (Phi) is 6.50. The number of benzene rings is 1. The van der Waals surface area contributed by atoms with Gasteiger partial charge in [0.05, 0.1) is 12.5 Å². The number of aromatic nitrogens is 2. The third-order valence-electron chi connectivity index (χ3n) is 6.76. The van der Waals surface area contributed by atoms with Crippen molar-refractivity contribution in [2.75, 3.05) is 38.2 Å². The molecule has 0 atom stereocenters. The summed E-state index contributed by atoms with van der Waals surface area (Å²) in [5.41, 5.74) is 2.41. The van der Waals surface area contributed by atoms with E-state index in [-0.39, 0.29) is 17.5 Å². The summed E-state index contributed by atoms with van der Waals surface area (Å²) in [7, 11) is 1.48. The molecule has 1 amide bonds. The van der Waals surface area contributed by atoms with Crippen LogP contribution in [-0.4, -0.2) is 54.1 Å². The molecule has 0 saturated carbocycles. The van der Waals surface area contributed by atoms with Crippen LogP contribution in [0.15, 0.2) is 30.9 Å². The molecule has 0 radical (unpaired) electrons. The molecule has 3 aromatic rings. The summed E-state index contributed by atoms with van der Waals surface area (Å²) in [5.74, 6) is 1.68. The van der Waals surface area contributed by atoms with Gasteiger partial charge in [0, 0.05) is 37.5 Å². The van der Waals surface area contributed by atoms with E-state index in [1.807, 2.05) is 4.90 Å². The SMILES string of the molecule is C=CC(=O)N1CCN(c2nc(CCc3ccc(F)c(OC)c3)nc3sc4c(c23)CCCC4)CC1. The zero-order chi connectivity index (χ0) is 23.7. The minimum absolute atomic E-state index is 0.0178. The Hall–Kier alpha value is -3.00. The minimum atomic E-state index is -0.357. The Morgan fingerprint density at radius 3 is 2.74 bits per heavy atom. The Labute approximate surface area is 203 Å². The molecule has 0 N–H and O–H groups in total. The van der Waals surface area contributed by atoms with Gasteiger partial charge in [0.15, 0.2) is 11.6 Å². The number of methoxy groups -OCH3 is 1. The highest BCUT2D eigenvalue weighted by Crippen LogP contribution is 2.40. The van der Waals surface area contributed by atoms with Crippen LogP contribution in [-0.2, 0) is 30.5 Å². The lowest BCUT2D eigenvalue weighted by atomic mass is 9.96. The van der Waals surface area contributed by atoms with Crippen molar-refractivity contribution in [2.45, 2.75) is 38.5 Å². The van der Waals surface area contributed by atoms with Crippen molar-refractivity contribution in [1.82, 2.24) is 14.9 Å². The highest BCUT2D eigenvalue weighted by atomic mass is 32.1. The quantitative estimate of drug-likeness (QED) is 0.492. The van der Waals surface area contributed by atoms with Gasteiger partial charge in [-0.3, -0.25) is 4.79 Å². The Bertz CT molecular complexity index is 1230. The second kappa shape index (κ2) is 9.70. The number of carbonyl (C=O) groups is 1. The molecule has 34 heavy (non-hydrogen) atoms. The van der Waals surface area contributed by atoms with E-state index >= 15 is 0 Å². The molecule has 0 unspecified atom stereocenters. The number of thiophene rings is 1. The number of hydrogen-bond donors (Lipinski definition) is 0. The standard InChI is InChI=1S/C26H29FN4O2S/c1-3-23(32)30-12-14-31(15-13-30)25-24-18-6-4-5-7-21(18)34-26(24)29-22(28-25)11-9-17-8-10-19(27)20(16-17)33-2/h3,8,10,16H,1,4-7,9,11-15H2,2H3. The smallest absolute Gasteiger partial charge is 0.246 e. The molecule has 8 heteroatoms. The molecule has 1 aromatic carbocycles. The molecule has 6 nitrogen and oxygen atoms in total. The number of aryl methyl sites for hydroxylation is 4. The second-order valence-electron chi connectivity index (χ2n) is 8.84. The number of hydrogen-bond acceptors (Lipinski definition) is 6. The molecule has 178 valence electrons. The van der Waals surface area contributed by atoms with E-state index in [1.165, 1.54) is 47.9 Å². The highest BCUT2D eigenvalue weighted by Gasteiger charge is 2.27. The summed E-state index contributed by atoms with van der Waals surface area (Å²) >= 11 is 1.81. The molecule has 2 aliphatic rings. The zero-order valence-electron chi connectivity index (χ0n) is 19.5. The predicted molar refractivity (Wildman–Crippen MR) is 133 cm³/mol. The summed E-state index contributed by atoms with van der Waals surface area (Å²) in [6.07, 6.45) is 7.37. The maximum absolute atomic E-state index is 13.8. The van der Waals surface area contributed by atoms with Crippen molar-refractivity contribution in [3.8, 4) is 5.75 Å². The normalized spacial score (nSPS) is 15.9. The summed E-state index contributed by atoms with van der Waals surface area (Å²) in [6, 6.07) is 4.98. The first kappa shape index (κ1) is 22.8. The molecule has 5 rings (SSSR count). The zero-order valence-corrected chi connectivity index (χ0v) is 20.3. The first-order chi connectivity index (χ1) is 16.6. The number of carbonyl (C=O) groups excluding carboxylic acids is 1. The molecule has 0 spiro atoms. The van der Waals surface area contributed by atoms with Crippen molar-refractivity contribution in [3.63, 3.8) is 0 Å². The fraction of sp³-hybridized carbons (Fsp3) is 0.423. The van der Waals surface area contributed by atoms with E-state index in [2.05, 4.69) is 11.5 Å². The summed E-state index contributed by atoms with van der Waals surface area (Å²) in [4.78, 5) is 28.7. The van der Waals surface area contributed by atoms with E-state index in [4.69, 9.17) is 14.7 Å². The van der Waals surface area contributed by atoms with Crippen molar-refractivity contribution in [3.05, 3.63) is 58.5 Å². The van der Waals surface area contributed by atoms with Crippen molar-refractivity contribution < 1.29 is 13.9 Å². The molecule has 1 aliphatic carbocycles. The van der Waals surface area contributed by atoms with Crippen LogP contribution in [0.2, 0.25) is 0 Å². The molecular formula is C26H29FN4O2S. The number of halogens is 1. The first-order valence-electron chi connectivity index (χ1n) is 11.9. The van der Waals surface area contributed by atoms with E-state index in [0.717, 1.165) is 48.0 Å². The minimum Gasteiger partial charge on any atom is -0.494 e. The molecule has 1 saturated heterocycles. The number of fused-ring (bicyclic) bond motifs is 3. The first-order valence-corrected chi connectivity index (χ1v) is 12.7. The van der Waals surface area contributed by atoms with Gasteiger partial charge >= 0.3 is 0 Å². The average Bonchev–Trinajstić information content (AvgIpc) is 3.26.